The van der Waals surface area contributed by atoms with Gasteiger partial charge in [-0.15, -0.1) is 0 Å². The minimum atomic E-state index is -3.85. The lowest BCUT2D eigenvalue weighted by atomic mass is 10.1. The summed E-state index contributed by atoms with van der Waals surface area (Å²) in [5.74, 6) is 1.33. The molecule has 2 aliphatic rings. The van der Waals surface area contributed by atoms with Crippen LogP contribution in [0.25, 0.3) is 0 Å². The molecule has 3 aromatic rings. The summed E-state index contributed by atoms with van der Waals surface area (Å²) in [6.07, 6.45) is 1.77. The largest absolute Gasteiger partial charge is 0.454 e. The Hall–Kier alpha value is -3.63. The number of anilines is 3. The van der Waals surface area contributed by atoms with Crippen molar-refractivity contribution in [3.63, 3.8) is 0 Å². The van der Waals surface area contributed by atoms with Gasteiger partial charge in [0.05, 0.1) is 16.9 Å². The molecule has 10 heteroatoms. The van der Waals surface area contributed by atoms with Gasteiger partial charge in [-0.2, -0.15) is 4.31 Å². The van der Waals surface area contributed by atoms with Crippen LogP contribution in [0.15, 0.2) is 65.7 Å². The minimum absolute atomic E-state index is 0.112. The Balaban J connectivity index is 1.57. The Bertz CT molecular complexity index is 1370. The van der Waals surface area contributed by atoms with E-state index >= 15 is 0 Å². The molecular formula is C26H29N5O4S. The Labute approximate surface area is 211 Å². The smallest absolute Gasteiger partial charge is 0.259 e. The van der Waals surface area contributed by atoms with Crippen molar-refractivity contribution >= 4 is 33.1 Å². The summed E-state index contributed by atoms with van der Waals surface area (Å²) < 4.78 is 35.0. The fourth-order valence-corrected chi connectivity index (χ4v) is 6.33. The average Bonchev–Trinajstić information content (AvgIpc) is 3.04. The van der Waals surface area contributed by atoms with Crippen LogP contribution in [0.1, 0.15) is 24.2 Å². The lowest BCUT2D eigenvalue weighted by molar-refractivity contribution is 0.102. The molecule has 1 amide bonds. The molecule has 0 unspecified atom stereocenters. The number of amides is 1. The second-order valence-electron chi connectivity index (χ2n) is 8.62. The van der Waals surface area contributed by atoms with Gasteiger partial charge < -0.3 is 19.9 Å². The minimum Gasteiger partial charge on any atom is -0.454 e. The van der Waals surface area contributed by atoms with E-state index in [0.717, 1.165) is 5.82 Å². The number of carbonyl (C=O) groups is 1. The molecule has 0 radical (unpaired) electrons. The van der Waals surface area contributed by atoms with Crippen LogP contribution < -0.4 is 19.9 Å². The van der Waals surface area contributed by atoms with Crippen molar-refractivity contribution in [2.24, 2.45) is 0 Å². The summed E-state index contributed by atoms with van der Waals surface area (Å²) in [4.78, 5) is 21.9. The molecular weight excluding hydrogens is 478 g/mol. The van der Waals surface area contributed by atoms with Crippen molar-refractivity contribution in [2.75, 3.05) is 54.4 Å². The maximum absolute atomic E-state index is 13.7. The van der Waals surface area contributed by atoms with E-state index in [1.807, 2.05) is 43.0 Å². The number of pyridine rings is 1. The van der Waals surface area contributed by atoms with Crippen molar-refractivity contribution in [3.05, 3.63) is 66.4 Å². The Morgan fingerprint density at radius 3 is 2.33 bits per heavy atom. The van der Waals surface area contributed by atoms with E-state index in [1.165, 1.54) is 10.4 Å². The van der Waals surface area contributed by atoms with Gasteiger partial charge in [-0.1, -0.05) is 32.0 Å². The standard InChI is InChI=1S/C26H29N5O4S/c1-3-31(4-2)36(33,34)24-17-19-23(35-22-10-6-5-9-20(22)28-26(19)32)18-21(24)29-13-15-30(16-14-29)25-11-7-8-12-27-25/h5-12,17-18H,3-4,13-16H2,1-2H3,(H,28,32). The van der Waals surface area contributed by atoms with Crippen LogP contribution in [0.2, 0.25) is 0 Å². The highest BCUT2D eigenvalue weighted by Crippen LogP contribution is 2.41. The zero-order valence-corrected chi connectivity index (χ0v) is 21.2. The third-order valence-corrected chi connectivity index (χ3v) is 8.66. The molecule has 188 valence electrons. The monoisotopic (exact) mass is 507 g/mol. The van der Waals surface area contributed by atoms with Crippen LogP contribution in [0.4, 0.5) is 17.2 Å². The SMILES string of the molecule is CCN(CC)S(=O)(=O)c1cc2c(cc1N1CCN(c3ccccn3)CC1)Oc1ccccc1NC2=O. The number of carbonyl (C=O) groups excluding carboxylic acids is 1. The Kier molecular flexibility index (Phi) is 6.55. The van der Waals surface area contributed by atoms with Gasteiger partial charge in [0.25, 0.3) is 5.91 Å². The molecule has 2 aliphatic heterocycles. The van der Waals surface area contributed by atoms with Crippen molar-refractivity contribution in [3.8, 4) is 11.5 Å². The van der Waals surface area contributed by atoms with Gasteiger partial charge in [0, 0.05) is 51.5 Å². The quantitative estimate of drug-likeness (QED) is 0.542. The van der Waals surface area contributed by atoms with E-state index in [4.69, 9.17) is 4.74 Å². The first-order valence-corrected chi connectivity index (χ1v) is 13.5. The normalized spacial score (nSPS) is 15.6. The number of benzene rings is 2. The summed E-state index contributed by atoms with van der Waals surface area (Å²) >= 11 is 0. The van der Waals surface area contributed by atoms with Gasteiger partial charge in [-0.3, -0.25) is 4.79 Å². The molecule has 3 heterocycles. The first-order valence-electron chi connectivity index (χ1n) is 12.1. The first kappa shape index (κ1) is 24.1. The van der Waals surface area contributed by atoms with Crippen molar-refractivity contribution in [1.82, 2.24) is 9.29 Å². The molecule has 0 bridgehead atoms. The van der Waals surface area contributed by atoms with E-state index in [0.29, 0.717) is 62.1 Å². The summed E-state index contributed by atoms with van der Waals surface area (Å²) in [5, 5.41) is 2.84. The highest BCUT2D eigenvalue weighted by molar-refractivity contribution is 7.89. The fourth-order valence-electron chi connectivity index (χ4n) is 4.65. The molecule has 0 aliphatic carbocycles. The molecule has 36 heavy (non-hydrogen) atoms. The number of rotatable bonds is 6. The Morgan fingerprint density at radius 1 is 0.944 bits per heavy atom. The molecule has 0 spiro atoms. The number of ether oxygens (including phenoxy) is 1. The maximum atomic E-state index is 13.7. The molecule has 0 atom stereocenters. The van der Waals surface area contributed by atoms with E-state index in [1.54, 1.807) is 30.5 Å². The van der Waals surface area contributed by atoms with Crippen LogP contribution in [-0.4, -0.2) is 62.9 Å². The Morgan fingerprint density at radius 2 is 1.64 bits per heavy atom. The number of piperazine rings is 1. The van der Waals surface area contributed by atoms with Crippen LogP contribution >= 0.6 is 0 Å². The van der Waals surface area contributed by atoms with Gasteiger partial charge >= 0.3 is 0 Å². The number of aromatic nitrogens is 1. The van der Waals surface area contributed by atoms with Gasteiger partial charge in [0.1, 0.15) is 16.5 Å². The highest BCUT2D eigenvalue weighted by atomic mass is 32.2. The zero-order valence-electron chi connectivity index (χ0n) is 20.3. The van der Waals surface area contributed by atoms with Crippen molar-refractivity contribution in [2.45, 2.75) is 18.7 Å². The zero-order chi connectivity index (χ0) is 25.3. The van der Waals surface area contributed by atoms with Gasteiger partial charge in [0.15, 0.2) is 5.75 Å². The van der Waals surface area contributed by atoms with Crippen LogP contribution in [0.3, 0.4) is 0 Å². The van der Waals surface area contributed by atoms with Gasteiger partial charge in [-0.05, 0) is 30.3 Å². The summed E-state index contributed by atoms with van der Waals surface area (Å²) in [7, 11) is -3.85. The highest BCUT2D eigenvalue weighted by Gasteiger charge is 2.33. The summed E-state index contributed by atoms with van der Waals surface area (Å²) in [6.45, 7) is 6.84. The first-order chi connectivity index (χ1) is 17.4. The molecule has 2 aromatic carbocycles. The lowest BCUT2D eigenvalue weighted by Crippen LogP contribution is -2.47. The lowest BCUT2D eigenvalue weighted by Gasteiger charge is -2.38. The molecule has 1 saturated heterocycles. The third-order valence-electron chi connectivity index (χ3n) is 6.58. The molecule has 9 nitrogen and oxygen atoms in total. The number of para-hydroxylation sites is 2. The molecule has 1 N–H and O–H groups in total. The topological polar surface area (TPSA) is 95.1 Å². The maximum Gasteiger partial charge on any atom is 0.259 e. The summed E-state index contributed by atoms with van der Waals surface area (Å²) in [5.41, 5.74) is 1.26. The average molecular weight is 508 g/mol. The van der Waals surface area contributed by atoms with E-state index in [-0.39, 0.29) is 10.5 Å². The van der Waals surface area contributed by atoms with Crippen LogP contribution in [0.5, 0.6) is 11.5 Å². The molecule has 1 fully saturated rings. The van der Waals surface area contributed by atoms with Crippen LogP contribution in [0, 0.1) is 0 Å². The second-order valence-corrected chi connectivity index (χ2v) is 10.5. The molecule has 5 rings (SSSR count). The predicted molar refractivity (Wildman–Crippen MR) is 140 cm³/mol. The van der Waals surface area contributed by atoms with Crippen LogP contribution in [-0.2, 0) is 10.0 Å². The van der Waals surface area contributed by atoms with E-state index < -0.39 is 15.9 Å². The van der Waals surface area contributed by atoms with Gasteiger partial charge in [-0.25, -0.2) is 13.4 Å². The van der Waals surface area contributed by atoms with Crippen molar-refractivity contribution < 1.29 is 17.9 Å². The third kappa shape index (κ3) is 4.38. The number of nitrogens with zero attached hydrogens (tertiary/aromatic N) is 4. The van der Waals surface area contributed by atoms with E-state index in [2.05, 4.69) is 15.2 Å². The molecule has 0 saturated carbocycles. The number of sulfonamides is 1. The van der Waals surface area contributed by atoms with Gasteiger partial charge in [0.2, 0.25) is 10.0 Å². The second kappa shape index (κ2) is 9.79. The molecule has 1 aromatic heterocycles. The summed E-state index contributed by atoms with van der Waals surface area (Å²) in [6, 6.07) is 16.1. The number of nitrogens with one attached hydrogen (secondary N) is 1. The number of fused-ring (bicyclic) bond motifs is 2. The van der Waals surface area contributed by atoms with Crippen molar-refractivity contribution in [1.29, 1.82) is 0 Å². The fraction of sp³-hybridized carbons (Fsp3) is 0.308. The van der Waals surface area contributed by atoms with E-state index in [9.17, 15) is 13.2 Å². The number of hydrogen-bond acceptors (Lipinski definition) is 7. The number of hydrogen-bond donors (Lipinski definition) is 1. The predicted octanol–water partition coefficient (Wildman–Crippen LogP) is 3.80.